The van der Waals surface area contributed by atoms with Gasteiger partial charge in [-0.1, -0.05) is 91.3 Å². The number of methoxy groups -OCH3 is 2. The summed E-state index contributed by atoms with van der Waals surface area (Å²) >= 11 is 0. The second-order valence-electron chi connectivity index (χ2n) is 19.7. The van der Waals surface area contributed by atoms with Crippen molar-refractivity contribution in [1.82, 2.24) is 10.3 Å². The zero-order valence-electron chi connectivity index (χ0n) is 41.5. The number of aliphatic hydroxyl groups excluding tert-OH is 6. The van der Waals surface area contributed by atoms with Gasteiger partial charge in [0.05, 0.1) is 55.4 Å². The van der Waals surface area contributed by atoms with Crippen LogP contribution in [0.2, 0.25) is 0 Å². The van der Waals surface area contributed by atoms with Crippen LogP contribution in [0.4, 0.5) is 0 Å². The molecule has 1 aromatic heterocycles. The molecule has 15 heteroatoms. The fourth-order valence-corrected chi connectivity index (χ4v) is 8.82. The molecule has 2 fully saturated rings. The van der Waals surface area contributed by atoms with Crippen LogP contribution in [-0.2, 0) is 23.7 Å². The van der Waals surface area contributed by atoms with Gasteiger partial charge in [-0.2, -0.15) is 5.26 Å². The number of nitrogens with one attached hydrogen (secondary N) is 1. The van der Waals surface area contributed by atoms with Gasteiger partial charge in [0.2, 0.25) is 0 Å². The first-order chi connectivity index (χ1) is 31.0. The van der Waals surface area contributed by atoms with E-state index in [1.165, 1.54) is 26.6 Å². The number of aromatic nitrogens is 1. The van der Waals surface area contributed by atoms with E-state index >= 15 is 0 Å². The summed E-state index contributed by atoms with van der Waals surface area (Å²) in [4.78, 5) is 17.2. The second-order valence-corrected chi connectivity index (χ2v) is 19.7. The van der Waals surface area contributed by atoms with Crippen molar-refractivity contribution in [3.8, 4) is 6.07 Å². The van der Waals surface area contributed by atoms with Crippen LogP contribution >= 0.6 is 0 Å². The van der Waals surface area contributed by atoms with Crippen molar-refractivity contribution >= 4 is 12.0 Å². The van der Waals surface area contributed by atoms with Crippen LogP contribution in [0, 0.1) is 46.3 Å². The minimum Gasteiger partial charge on any atom is -0.448 e. The van der Waals surface area contributed by atoms with Gasteiger partial charge in [0, 0.05) is 74.7 Å². The Morgan fingerprint density at radius 2 is 1.73 bits per heavy atom. The molecule has 2 aliphatic heterocycles. The second kappa shape index (κ2) is 25.7. The molecule has 1 amide bonds. The van der Waals surface area contributed by atoms with Gasteiger partial charge < -0.3 is 59.3 Å². The van der Waals surface area contributed by atoms with Crippen molar-refractivity contribution in [2.24, 2.45) is 35.0 Å². The average molecular weight is 928 g/mol. The van der Waals surface area contributed by atoms with E-state index in [-0.39, 0.29) is 49.7 Å². The van der Waals surface area contributed by atoms with Crippen molar-refractivity contribution in [2.75, 3.05) is 27.4 Å². The third-order valence-corrected chi connectivity index (χ3v) is 14.1. The molecular weight excluding hydrogens is 847 g/mol. The zero-order valence-corrected chi connectivity index (χ0v) is 41.5. The maximum Gasteiger partial charge on any atom is 0.251 e. The Kier molecular flexibility index (Phi) is 22.1. The summed E-state index contributed by atoms with van der Waals surface area (Å²) in [5.41, 5.74) is 2.39. The van der Waals surface area contributed by atoms with Crippen molar-refractivity contribution in [1.29, 1.82) is 5.26 Å². The van der Waals surface area contributed by atoms with E-state index < -0.39 is 83.9 Å². The Labute approximate surface area is 393 Å². The first-order valence-electron chi connectivity index (χ1n) is 23.4. The Balaban J connectivity index is 1.63. The minimum absolute atomic E-state index is 0.00161. The van der Waals surface area contributed by atoms with Crippen LogP contribution in [0.5, 0.6) is 0 Å². The minimum atomic E-state index is -1.59. The van der Waals surface area contributed by atoms with Gasteiger partial charge in [0.1, 0.15) is 18.1 Å². The normalized spacial score (nSPS) is 28.3. The molecule has 0 aromatic carbocycles. The first-order valence-corrected chi connectivity index (χ1v) is 23.4. The molecule has 0 aliphatic carbocycles. The lowest BCUT2D eigenvalue weighted by Gasteiger charge is -2.49. The Morgan fingerprint density at radius 1 is 1.05 bits per heavy atom. The molecule has 1 unspecified atom stereocenters. The molecular formula is C51H81N3O12. The van der Waals surface area contributed by atoms with Gasteiger partial charge in [-0.15, -0.1) is 0 Å². The molecule has 0 saturated carbocycles. The monoisotopic (exact) mass is 928 g/mol. The number of hydrogen-bond donors (Lipinski definition) is 7. The quantitative estimate of drug-likeness (QED) is 0.0472. The highest BCUT2D eigenvalue weighted by atomic mass is 16.7. The summed E-state index contributed by atoms with van der Waals surface area (Å²) in [6.45, 7) is 21.2. The lowest BCUT2D eigenvalue weighted by Crippen LogP contribution is -2.58. The number of hydrogen-bond acceptors (Lipinski definition) is 14. The van der Waals surface area contributed by atoms with Gasteiger partial charge in [-0.25, -0.2) is 4.98 Å². The summed E-state index contributed by atoms with van der Waals surface area (Å²) < 4.78 is 30.2. The van der Waals surface area contributed by atoms with Crippen LogP contribution in [0.1, 0.15) is 119 Å². The average Bonchev–Trinajstić information content (AvgIpc) is 3.81. The number of aliphatic hydroxyl groups is 6. The summed E-state index contributed by atoms with van der Waals surface area (Å²) in [5, 5.41) is 78.7. The maximum absolute atomic E-state index is 12.6. The fraction of sp³-hybridized carbons (Fsp3) is 0.706. The topological polar surface area (TPSA) is 237 Å². The van der Waals surface area contributed by atoms with Crippen LogP contribution in [0.3, 0.4) is 0 Å². The lowest BCUT2D eigenvalue weighted by atomic mass is 9.72. The van der Waals surface area contributed by atoms with Crippen molar-refractivity contribution < 1.29 is 58.8 Å². The maximum atomic E-state index is 12.6. The number of rotatable bonds is 24. The zero-order chi connectivity index (χ0) is 49.7. The lowest BCUT2D eigenvalue weighted by molar-refractivity contribution is -0.334. The van der Waals surface area contributed by atoms with Gasteiger partial charge in [0.15, 0.2) is 17.8 Å². The molecule has 0 bridgehead atoms. The Morgan fingerprint density at radius 3 is 2.35 bits per heavy atom. The molecule has 1 aromatic rings. The fourth-order valence-electron chi connectivity index (χ4n) is 8.82. The molecule has 15 nitrogen and oxygen atoms in total. The van der Waals surface area contributed by atoms with Crippen LogP contribution in [0.25, 0.3) is 6.08 Å². The van der Waals surface area contributed by atoms with E-state index in [1.54, 1.807) is 13.0 Å². The molecule has 66 heavy (non-hydrogen) atoms. The standard InChI is InChI=1S/C51H81N3O12/c1-29(2)38(28-62-12)44(58)45(59)48(61)53-23-21-32(5)49-54-37(27-64-49)18-15-19-41-35(8)40(56)26-51(65-41)50(10,11)47(60)46(66-51)42(63-13)25-39(55)36(9)43(57)34(7)24-33(6)31(4)17-14-16-30(3)20-22-52/h14-18,20,24,27,29,32,34-36,38-47,55-60H,19,21,23,25-26,28H2,1-13H3,(H,53,61)/b16-14+,18-15+,30-20+,31-17+,33-24+/t32-,34+,35-,36-,38+,39-,40+,41-,42-,43+,44-,45-,46+,47-,51?/m1/s1. The van der Waals surface area contributed by atoms with E-state index in [9.17, 15) is 35.4 Å². The third kappa shape index (κ3) is 14.5. The number of nitrogens with zero attached hydrogens (tertiary/aromatic N) is 2. The number of carbonyl (C=O) groups excluding carboxylic acids is 1. The molecule has 2 saturated heterocycles. The Hall–Kier alpha value is -3.53. The molecule has 0 radical (unpaired) electrons. The molecule has 15 atom stereocenters. The molecule has 1 spiro atoms. The van der Waals surface area contributed by atoms with Gasteiger partial charge in [0.25, 0.3) is 5.91 Å². The van der Waals surface area contributed by atoms with Crippen LogP contribution in [-0.4, -0.2) is 130 Å². The van der Waals surface area contributed by atoms with Gasteiger partial charge >= 0.3 is 0 Å². The van der Waals surface area contributed by atoms with E-state index in [1.807, 2.05) is 106 Å². The number of oxazole rings is 1. The number of carbonyl (C=O) groups is 1. The smallest absolute Gasteiger partial charge is 0.251 e. The third-order valence-electron chi connectivity index (χ3n) is 14.1. The predicted octanol–water partition coefficient (Wildman–Crippen LogP) is 5.91. The van der Waals surface area contributed by atoms with Crippen molar-refractivity contribution in [3.05, 3.63) is 71.0 Å². The van der Waals surface area contributed by atoms with Gasteiger partial charge in [-0.05, 0) is 56.8 Å². The summed E-state index contributed by atoms with van der Waals surface area (Å²) in [7, 11) is 3.00. The van der Waals surface area contributed by atoms with Gasteiger partial charge in [-0.3, -0.25) is 4.79 Å². The molecule has 2 aliphatic rings. The number of amides is 1. The van der Waals surface area contributed by atoms with E-state index in [0.717, 1.165) is 16.7 Å². The van der Waals surface area contributed by atoms with E-state index in [2.05, 4.69) is 10.3 Å². The number of ether oxygens (including phenoxy) is 4. The summed E-state index contributed by atoms with van der Waals surface area (Å²) in [6.07, 6.45) is 6.55. The molecule has 3 heterocycles. The molecule has 372 valence electrons. The van der Waals surface area contributed by atoms with Crippen molar-refractivity contribution in [2.45, 2.75) is 168 Å². The van der Waals surface area contributed by atoms with E-state index in [4.69, 9.17) is 28.6 Å². The van der Waals surface area contributed by atoms with Crippen molar-refractivity contribution in [3.63, 3.8) is 0 Å². The highest BCUT2D eigenvalue weighted by molar-refractivity contribution is 5.81. The largest absolute Gasteiger partial charge is 0.448 e. The number of nitriles is 1. The summed E-state index contributed by atoms with van der Waals surface area (Å²) in [5.74, 6) is -3.27. The van der Waals surface area contributed by atoms with E-state index in [0.29, 0.717) is 24.4 Å². The molecule has 7 N–H and O–H groups in total. The predicted molar refractivity (Wildman–Crippen MR) is 252 cm³/mol. The molecule has 3 rings (SSSR count). The SMILES string of the molecule is COC[C@@H](C(C)C)[C@@H](O)[C@@H](O)C(=O)NCC[C@@H](C)c1nc(/C=C/C[C@H]2OC3(C[C@H](O)[C@H]2C)O[C@@H]([C@@H](C[C@@H](O)[C@@H](C)[C@@H](O)[C@@H](C)/C=C(C)/C(C)=C/C=C/C(C)=C/C#N)OC)[C@@H](O)C3(C)C)co1. The number of allylic oxidation sites excluding steroid dienone is 7. The Bertz CT molecular complexity index is 1880. The highest BCUT2D eigenvalue weighted by Gasteiger charge is 2.66. The highest BCUT2D eigenvalue weighted by Crippen LogP contribution is 2.55. The van der Waals surface area contributed by atoms with Crippen LogP contribution < -0.4 is 5.32 Å². The summed E-state index contributed by atoms with van der Waals surface area (Å²) in [6, 6.07) is 2.01. The van der Waals surface area contributed by atoms with Crippen LogP contribution in [0.15, 0.2) is 63.9 Å². The first kappa shape index (κ1) is 56.8.